The molecule has 0 heterocycles. The molecule has 5 nitrogen and oxygen atoms in total. The van der Waals surface area contributed by atoms with E-state index in [2.05, 4.69) is 11.3 Å². The largest absolute Gasteiger partial charge is 1.00 e. The summed E-state index contributed by atoms with van der Waals surface area (Å²) in [7, 11) is -4.85. The average molecular weight is 218 g/mol. The van der Waals surface area contributed by atoms with Crippen molar-refractivity contribution in [3.63, 3.8) is 0 Å². The van der Waals surface area contributed by atoms with Crippen molar-refractivity contribution in [1.29, 1.82) is 0 Å². The Kier molecular flexibility index (Phi) is 7.55. The van der Waals surface area contributed by atoms with Crippen LogP contribution in [0.15, 0.2) is 12.7 Å². The molecule has 72 valence electrons. The van der Waals surface area contributed by atoms with Crippen LogP contribution in [0.5, 0.6) is 0 Å². The molecule has 0 aromatic carbocycles. The first-order valence-corrected chi connectivity index (χ1v) is 4.71. The van der Waals surface area contributed by atoms with E-state index < -0.39 is 15.2 Å². The average Bonchev–Trinajstić information content (AvgIpc) is 1.98. The van der Waals surface area contributed by atoms with Gasteiger partial charge in [-0.3, -0.25) is 0 Å². The smallest absolute Gasteiger partial charge is 0.744 e. The fourth-order valence-electron chi connectivity index (χ4n) is 0.540. The second kappa shape index (κ2) is 6.13. The van der Waals surface area contributed by atoms with E-state index in [0.717, 1.165) is 0 Å². The molecule has 0 rings (SSSR count). The van der Waals surface area contributed by atoms with Gasteiger partial charge in [0, 0.05) is 6.42 Å². The zero-order valence-electron chi connectivity index (χ0n) is 7.69. The van der Waals surface area contributed by atoms with Crippen molar-refractivity contribution in [2.45, 2.75) is 18.5 Å². The van der Waals surface area contributed by atoms with Gasteiger partial charge in [-0.05, 0) is 0 Å². The molecule has 1 N–H and O–H groups in total. The van der Waals surface area contributed by atoms with Crippen molar-refractivity contribution in [2.75, 3.05) is 6.61 Å². The molecule has 0 aliphatic carbocycles. The van der Waals surface area contributed by atoms with Gasteiger partial charge in [0.1, 0.15) is 0 Å². The van der Waals surface area contributed by atoms with Crippen LogP contribution in [0, 0.1) is 0 Å². The molecule has 1 atom stereocenters. The third-order valence-electron chi connectivity index (χ3n) is 1.26. The van der Waals surface area contributed by atoms with E-state index in [1.807, 2.05) is 0 Å². The summed E-state index contributed by atoms with van der Waals surface area (Å²) in [6.45, 7) is 4.39. The van der Waals surface area contributed by atoms with Gasteiger partial charge in [-0.1, -0.05) is 13.0 Å². The third kappa shape index (κ3) is 4.55. The van der Waals surface area contributed by atoms with Gasteiger partial charge in [0.15, 0.2) is 10.1 Å². The molecule has 0 aliphatic rings. The van der Waals surface area contributed by atoms with Crippen LogP contribution in [0.3, 0.4) is 0 Å². The zero-order valence-corrected chi connectivity index (χ0v) is 10.5. The second-order valence-corrected chi connectivity index (χ2v) is 3.67. The van der Waals surface area contributed by atoms with Crippen LogP contribution in [0.2, 0.25) is 0 Å². The Balaban J connectivity index is 0. The molecule has 7 heteroatoms. The summed E-state index contributed by atoms with van der Waals surface area (Å²) in [5.74, 6) is 0. The normalized spacial score (nSPS) is 15.6. The Hall–Kier alpha value is 0.570. The monoisotopic (exact) mass is 218 g/mol. The number of rotatable bonds is 5. The van der Waals surface area contributed by atoms with Crippen LogP contribution in [0.4, 0.5) is 0 Å². The van der Waals surface area contributed by atoms with Crippen LogP contribution >= 0.6 is 0 Å². The molecule has 0 saturated heterocycles. The van der Waals surface area contributed by atoms with E-state index in [9.17, 15) is 13.0 Å². The van der Waals surface area contributed by atoms with Gasteiger partial charge < -0.3 is 14.4 Å². The van der Waals surface area contributed by atoms with Crippen molar-refractivity contribution in [2.24, 2.45) is 0 Å². The van der Waals surface area contributed by atoms with Gasteiger partial charge in [0.2, 0.25) is 0 Å². The van der Waals surface area contributed by atoms with Crippen molar-refractivity contribution < 1.29 is 52.4 Å². The Morgan fingerprint density at radius 1 is 1.69 bits per heavy atom. The topological polar surface area (TPSA) is 86.7 Å². The van der Waals surface area contributed by atoms with E-state index in [-0.39, 0.29) is 42.6 Å². The van der Waals surface area contributed by atoms with Crippen LogP contribution in [0.25, 0.3) is 0 Å². The number of ether oxygens (including phenoxy) is 1. The van der Waals surface area contributed by atoms with Crippen LogP contribution in [-0.4, -0.2) is 29.8 Å². The Labute approximate surface area is 99.8 Å². The van der Waals surface area contributed by atoms with Gasteiger partial charge in [0.25, 0.3) is 5.12 Å². The SMILES string of the molecule is C=CCOC(O)(CC)S(=O)(=O)[O-].[Na+]. The van der Waals surface area contributed by atoms with E-state index >= 15 is 0 Å². The van der Waals surface area contributed by atoms with Crippen molar-refractivity contribution >= 4 is 10.1 Å². The van der Waals surface area contributed by atoms with E-state index in [0.29, 0.717) is 0 Å². The van der Waals surface area contributed by atoms with Gasteiger partial charge in [0.05, 0.1) is 6.61 Å². The minimum atomic E-state index is -4.85. The zero-order chi connectivity index (χ0) is 9.83. The van der Waals surface area contributed by atoms with E-state index in [1.165, 1.54) is 13.0 Å². The molecule has 0 aromatic rings. The molecule has 1 unspecified atom stereocenters. The van der Waals surface area contributed by atoms with Gasteiger partial charge in [-0.2, -0.15) is 0 Å². The molecule has 0 fully saturated rings. The predicted octanol–water partition coefficient (Wildman–Crippen LogP) is -3.21. The summed E-state index contributed by atoms with van der Waals surface area (Å²) < 4.78 is 35.7. The van der Waals surface area contributed by atoms with Gasteiger partial charge in [-0.15, -0.1) is 6.58 Å². The molecule has 0 saturated carbocycles. The van der Waals surface area contributed by atoms with Crippen LogP contribution in [0.1, 0.15) is 13.3 Å². The molecular formula is C6H11NaO5S. The summed E-state index contributed by atoms with van der Waals surface area (Å²) in [4.78, 5) is 0. The van der Waals surface area contributed by atoms with Gasteiger partial charge in [-0.25, -0.2) is 8.42 Å². The Morgan fingerprint density at radius 2 is 2.15 bits per heavy atom. The maximum absolute atomic E-state index is 10.4. The molecule has 0 aliphatic heterocycles. The van der Waals surface area contributed by atoms with E-state index in [1.54, 1.807) is 0 Å². The van der Waals surface area contributed by atoms with E-state index in [4.69, 9.17) is 5.11 Å². The number of hydrogen-bond donors (Lipinski definition) is 1. The second-order valence-electron chi connectivity index (χ2n) is 2.12. The first-order valence-electron chi connectivity index (χ1n) is 3.30. The molecule has 13 heavy (non-hydrogen) atoms. The summed E-state index contributed by atoms with van der Waals surface area (Å²) in [6, 6.07) is 0. The van der Waals surface area contributed by atoms with Crippen molar-refractivity contribution in [3.8, 4) is 0 Å². The first-order chi connectivity index (χ1) is 5.37. The maximum Gasteiger partial charge on any atom is 1.00 e. The standard InChI is InChI=1S/C6H12O5S.Na/c1-3-5-11-6(7,4-2)12(8,9)10;/h3,7H,1,4-5H2,2H3,(H,8,9,10);/q;+1/p-1. The van der Waals surface area contributed by atoms with Crippen LogP contribution < -0.4 is 29.6 Å². The molecule has 0 aromatic heterocycles. The quantitative estimate of drug-likeness (QED) is 0.227. The minimum absolute atomic E-state index is 0. The fourth-order valence-corrected chi connectivity index (χ4v) is 1.11. The Bertz CT molecular complexity index is 250. The molecular weight excluding hydrogens is 207 g/mol. The summed E-state index contributed by atoms with van der Waals surface area (Å²) in [5, 5.41) is 6.49. The van der Waals surface area contributed by atoms with Crippen molar-refractivity contribution in [1.82, 2.24) is 0 Å². The molecule has 0 radical (unpaired) electrons. The molecule has 0 bridgehead atoms. The third-order valence-corrected chi connectivity index (χ3v) is 2.45. The molecule has 0 spiro atoms. The Morgan fingerprint density at radius 3 is 2.38 bits per heavy atom. The summed E-state index contributed by atoms with van der Waals surface area (Å²) in [6.07, 6.45) is 0.929. The minimum Gasteiger partial charge on any atom is -0.744 e. The van der Waals surface area contributed by atoms with Crippen LogP contribution in [-0.2, 0) is 14.9 Å². The fraction of sp³-hybridized carbons (Fsp3) is 0.667. The summed E-state index contributed by atoms with van der Waals surface area (Å²) >= 11 is 0. The van der Waals surface area contributed by atoms with Gasteiger partial charge >= 0.3 is 29.6 Å². The number of hydrogen-bond acceptors (Lipinski definition) is 5. The van der Waals surface area contributed by atoms with Crippen molar-refractivity contribution in [3.05, 3.63) is 12.7 Å². The number of aliphatic hydroxyl groups is 1. The maximum atomic E-state index is 10.4. The molecule has 0 amide bonds. The summed E-state index contributed by atoms with van der Waals surface area (Å²) in [5.41, 5.74) is 0. The first kappa shape index (κ1) is 16.0. The predicted molar refractivity (Wildman–Crippen MR) is 41.1 cm³/mol.